The maximum atomic E-state index is 4.85. The van der Waals surface area contributed by atoms with Crippen molar-refractivity contribution in [3.8, 4) is 0 Å². The van der Waals surface area contributed by atoms with Crippen LogP contribution in [0, 0.1) is 6.92 Å². The lowest BCUT2D eigenvalue weighted by atomic mass is 10.1. The zero-order valence-corrected chi connectivity index (χ0v) is 15.7. The third-order valence-electron chi connectivity index (χ3n) is 5.60. The zero-order valence-electron chi connectivity index (χ0n) is 15.7. The first-order valence-electron chi connectivity index (χ1n) is 9.81. The van der Waals surface area contributed by atoms with Gasteiger partial charge >= 0.3 is 0 Å². The Labute approximate surface area is 159 Å². The van der Waals surface area contributed by atoms with Crippen molar-refractivity contribution in [1.82, 2.24) is 24.3 Å². The molecule has 5 heterocycles. The molecule has 0 unspecified atom stereocenters. The SMILES string of the molecule is Cc1nc2ccccn2c1CN1CCc2nc(C3=NCCCC3)ncc2C1. The Hall–Kier alpha value is -2.60. The van der Waals surface area contributed by atoms with Crippen molar-refractivity contribution in [2.24, 2.45) is 4.99 Å². The van der Waals surface area contributed by atoms with Gasteiger partial charge in [-0.1, -0.05) is 6.07 Å². The van der Waals surface area contributed by atoms with Crippen LogP contribution < -0.4 is 0 Å². The molecule has 2 aliphatic heterocycles. The van der Waals surface area contributed by atoms with Gasteiger partial charge in [0, 0.05) is 50.6 Å². The van der Waals surface area contributed by atoms with Gasteiger partial charge in [0.15, 0.2) is 5.82 Å². The topological polar surface area (TPSA) is 58.7 Å². The first-order valence-corrected chi connectivity index (χ1v) is 9.81. The highest BCUT2D eigenvalue weighted by Crippen LogP contribution is 2.21. The molecule has 0 saturated heterocycles. The van der Waals surface area contributed by atoms with Crippen LogP contribution in [0.25, 0.3) is 5.65 Å². The van der Waals surface area contributed by atoms with Crippen LogP contribution in [0.3, 0.4) is 0 Å². The molecule has 0 bridgehead atoms. The van der Waals surface area contributed by atoms with E-state index in [9.17, 15) is 0 Å². The van der Waals surface area contributed by atoms with Gasteiger partial charge < -0.3 is 4.40 Å². The maximum Gasteiger partial charge on any atom is 0.173 e. The molecule has 0 aliphatic carbocycles. The van der Waals surface area contributed by atoms with Gasteiger partial charge in [0.2, 0.25) is 0 Å². The highest BCUT2D eigenvalue weighted by molar-refractivity contribution is 5.97. The van der Waals surface area contributed by atoms with Crippen molar-refractivity contribution in [1.29, 1.82) is 0 Å². The summed E-state index contributed by atoms with van der Waals surface area (Å²) in [5, 5.41) is 0. The quantitative estimate of drug-likeness (QED) is 0.720. The van der Waals surface area contributed by atoms with E-state index in [2.05, 4.69) is 49.5 Å². The summed E-state index contributed by atoms with van der Waals surface area (Å²) in [5.41, 5.74) is 6.92. The van der Waals surface area contributed by atoms with Crippen molar-refractivity contribution in [2.45, 2.75) is 45.7 Å². The summed E-state index contributed by atoms with van der Waals surface area (Å²) in [6.07, 6.45) is 8.48. The predicted octanol–water partition coefficient (Wildman–Crippen LogP) is 2.96. The van der Waals surface area contributed by atoms with E-state index in [1.54, 1.807) is 0 Å². The van der Waals surface area contributed by atoms with Gasteiger partial charge in [-0.05, 0) is 38.3 Å². The van der Waals surface area contributed by atoms with E-state index in [1.807, 2.05) is 12.3 Å². The maximum absolute atomic E-state index is 4.85. The Morgan fingerprint density at radius 2 is 2.07 bits per heavy atom. The van der Waals surface area contributed by atoms with Crippen LogP contribution in [0.15, 0.2) is 35.6 Å². The summed E-state index contributed by atoms with van der Waals surface area (Å²) in [7, 11) is 0. The lowest BCUT2D eigenvalue weighted by Crippen LogP contribution is -2.32. The first kappa shape index (κ1) is 16.6. The molecule has 0 radical (unpaired) electrons. The van der Waals surface area contributed by atoms with Gasteiger partial charge in [-0.3, -0.25) is 9.89 Å². The van der Waals surface area contributed by atoms with Crippen LogP contribution in [0.2, 0.25) is 0 Å². The molecule has 6 nitrogen and oxygen atoms in total. The molecule has 2 aliphatic rings. The minimum absolute atomic E-state index is 0.847. The third kappa shape index (κ3) is 3.14. The summed E-state index contributed by atoms with van der Waals surface area (Å²) in [6.45, 7) is 5.81. The molecule has 27 heavy (non-hydrogen) atoms. The van der Waals surface area contributed by atoms with Crippen molar-refractivity contribution in [3.05, 3.63) is 59.1 Å². The van der Waals surface area contributed by atoms with Gasteiger partial charge in [-0.2, -0.15) is 0 Å². The van der Waals surface area contributed by atoms with Crippen LogP contribution in [0.4, 0.5) is 0 Å². The predicted molar refractivity (Wildman–Crippen MR) is 105 cm³/mol. The molecule has 0 atom stereocenters. The van der Waals surface area contributed by atoms with Crippen LogP contribution in [-0.4, -0.2) is 43.1 Å². The molecule has 0 spiro atoms. The largest absolute Gasteiger partial charge is 0.302 e. The number of hydrogen-bond acceptors (Lipinski definition) is 5. The van der Waals surface area contributed by atoms with Gasteiger partial charge in [0.1, 0.15) is 5.65 Å². The fourth-order valence-corrected chi connectivity index (χ4v) is 4.09. The molecule has 3 aromatic heterocycles. The van der Waals surface area contributed by atoms with Gasteiger partial charge in [0.05, 0.1) is 22.8 Å². The van der Waals surface area contributed by atoms with E-state index in [4.69, 9.17) is 4.98 Å². The Kier molecular flexibility index (Phi) is 4.20. The van der Waals surface area contributed by atoms with Crippen molar-refractivity contribution in [3.63, 3.8) is 0 Å². The Bertz CT molecular complexity index is 1020. The zero-order chi connectivity index (χ0) is 18.2. The molecular formula is C21H24N6. The fraction of sp³-hybridized carbons (Fsp3) is 0.429. The average molecular weight is 360 g/mol. The summed E-state index contributed by atoms with van der Waals surface area (Å²) in [5.74, 6) is 0.847. The second-order valence-electron chi connectivity index (χ2n) is 7.48. The van der Waals surface area contributed by atoms with E-state index < -0.39 is 0 Å². The minimum atomic E-state index is 0.847. The number of hydrogen-bond donors (Lipinski definition) is 0. The molecule has 0 fully saturated rings. The average Bonchev–Trinajstić information content (AvgIpc) is 3.03. The van der Waals surface area contributed by atoms with Crippen LogP contribution in [0.1, 0.15) is 47.7 Å². The third-order valence-corrected chi connectivity index (χ3v) is 5.60. The number of imidazole rings is 1. The lowest BCUT2D eigenvalue weighted by Gasteiger charge is -2.28. The number of aliphatic imine (C=N–C) groups is 1. The van der Waals surface area contributed by atoms with Crippen LogP contribution >= 0.6 is 0 Å². The summed E-state index contributed by atoms with van der Waals surface area (Å²) >= 11 is 0. The molecule has 6 heteroatoms. The molecule has 0 aromatic carbocycles. The summed E-state index contributed by atoms with van der Waals surface area (Å²) in [4.78, 5) is 21.3. The van der Waals surface area contributed by atoms with Crippen molar-refractivity contribution >= 4 is 11.4 Å². The van der Waals surface area contributed by atoms with E-state index in [-0.39, 0.29) is 0 Å². The van der Waals surface area contributed by atoms with Crippen molar-refractivity contribution in [2.75, 3.05) is 13.1 Å². The van der Waals surface area contributed by atoms with E-state index in [0.29, 0.717) is 0 Å². The number of pyridine rings is 1. The van der Waals surface area contributed by atoms with E-state index in [0.717, 1.165) is 61.9 Å². The first-order chi connectivity index (χ1) is 13.3. The normalized spacial score (nSPS) is 17.7. The van der Waals surface area contributed by atoms with Crippen LogP contribution in [-0.2, 0) is 19.5 Å². The highest BCUT2D eigenvalue weighted by Gasteiger charge is 2.22. The monoisotopic (exact) mass is 360 g/mol. The molecule has 5 rings (SSSR count). The second-order valence-corrected chi connectivity index (χ2v) is 7.48. The summed E-state index contributed by atoms with van der Waals surface area (Å²) < 4.78 is 2.20. The number of nitrogens with zero attached hydrogens (tertiary/aromatic N) is 6. The number of rotatable bonds is 3. The van der Waals surface area contributed by atoms with Gasteiger partial charge in [-0.15, -0.1) is 0 Å². The molecular weight excluding hydrogens is 336 g/mol. The summed E-state index contributed by atoms with van der Waals surface area (Å²) in [6, 6.07) is 6.16. The molecule has 3 aromatic rings. The number of aromatic nitrogens is 4. The second kappa shape index (κ2) is 6.85. The van der Waals surface area contributed by atoms with Crippen molar-refractivity contribution < 1.29 is 0 Å². The Morgan fingerprint density at radius 3 is 2.96 bits per heavy atom. The Morgan fingerprint density at radius 1 is 1.11 bits per heavy atom. The molecule has 0 saturated carbocycles. The number of aryl methyl sites for hydroxylation is 1. The standard InChI is InChI=1S/C21H24N6/c1-15-19(27-10-5-3-7-20(27)24-15)14-26-11-8-17-16(13-26)12-23-21(25-17)18-6-2-4-9-22-18/h3,5,7,10,12H,2,4,6,8-9,11,13-14H2,1H3. The smallest absolute Gasteiger partial charge is 0.173 e. The molecule has 138 valence electrons. The van der Waals surface area contributed by atoms with E-state index >= 15 is 0 Å². The fourth-order valence-electron chi connectivity index (χ4n) is 4.09. The highest BCUT2D eigenvalue weighted by atomic mass is 15.2. The van der Waals surface area contributed by atoms with Gasteiger partial charge in [0.25, 0.3) is 0 Å². The lowest BCUT2D eigenvalue weighted by molar-refractivity contribution is 0.239. The van der Waals surface area contributed by atoms with Crippen LogP contribution in [0.5, 0.6) is 0 Å². The Balaban J connectivity index is 1.36. The minimum Gasteiger partial charge on any atom is -0.302 e. The molecule has 0 amide bonds. The van der Waals surface area contributed by atoms with Gasteiger partial charge in [-0.25, -0.2) is 15.0 Å². The number of fused-ring (bicyclic) bond motifs is 2. The molecule has 0 N–H and O–H groups in total. The van der Waals surface area contributed by atoms with E-state index in [1.165, 1.54) is 29.8 Å².